The highest BCUT2D eigenvalue weighted by Crippen LogP contribution is 2.19. The number of sulfonamides is 1. The second-order valence-corrected chi connectivity index (χ2v) is 11.0. The molecular weight excluding hydrogens is 436 g/mol. The smallest absolute Gasteiger partial charge is 0.251 e. The molecule has 2 aliphatic rings. The SMILES string of the molecule is CN1CCN(S(=O)(=O)c2cccc(C(=O)NCc3ccc(CN4CCCCC4)cc3)c2)CC1. The lowest BCUT2D eigenvalue weighted by Gasteiger charge is -2.31. The summed E-state index contributed by atoms with van der Waals surface area (Å²) in [4.78, 5) is 17.5. The molecule has 4 rings (SSSR count). The fourth-order valence-electron chi connectivity index (χ4n) is 4.40. The molecule has 33 heavy (non-hydrogen) atoms. The van der Waals surface area contributed by atoms with E-state index >= 15 is 0 Å². The zero-order valence-corrected chi connectivity index (χ0v) is 20.2. The molecule has 0 atom stereocenters. The number of likely N-dealkylation sites (N-methyl/N-ethyl adjacent to an activating group) is 1. The van der Waals surface area contributed by atoms with E-state index in [2.05, 4.69) is 27.2 Å². The molecule has 2 aromatic carbocycles. The van der Waals surface area contributed by atoms with Gasteiger partial charge in [0, 0.05) is 44.8 Å². The van der Waals surface area contributed by atoms with Gasteiger partial charge in [-0.1, -0.05) is 36.8 Å². The highest BCUT2D eigenvalue weighted by molar-refractivity contribution is 7.89. The van der Waals surface area contributed by atoms with E-state index in [0.717, 1.165) is 12.1 Å². The van der Waals surface area contributed by atoms with E-state index in [1.165, 1.54) is 48.3 Å². The van der Waals surface area contributed by atoms with Crippen LogP contribution in [0.5, 0.6) is 0 Å². The first-order valence-electron chi connectivity index (χ1n) is 11.8. The van der Waals surface area contributed by atoms with Gasteiger partial charge in [0.15, 0.2) is 0 Å². The highest BCUT2D eigenvalue weighted by atomic mass is 32.2. The number of hydrogen-bond donors (Lipinski definition) is 1. The first-order chi connectivity index (χ1) is 15.9. The predicted octanol–water partition coefficient (Wildman–Crippen LogP) is 2.54. The van der Waals surface area contributed by atoms with Crippen LogP contribution in [-0.2, 0) is 23.1 Å². The summed E-state index contributed by atoms with van der Waals surface area (Å²) in [6.07, 6.45) is 3.89. The van der Waals surface area contributed by atoms with Gasteiger partial charge in [0.25, 0.3) is 5.91 Å². The van der Waals surface area contributed by atoms with E-state index in [4.69, 9.17) is 0 Å². The standard InChI is InChI=1S/C25H34N4O3S/c1-27-14-16-29(17-15-27)33(31,32)24-7-5-6-23(18-24)25(30)26-19-21-8-10-22(11-9-21)20-28-12-3-2-4-13-28/h5-11,18H,2-4,12-17,19-20H2,1H3,(H,26,30). The molecule has 0 unspecified atom stereocenters. The quantitative estimate of drug-likeness (QED) is 0.673. The Morgan fingerprint density at radius 1 is 0.879 bits per heavy atom. The Hall–Kier alpha value is -2.26. The number of carbonyl (C=O) groups excluding carboxylic acids is 1. The first kappa shape index (κ1) is 23.9. The molecule has 2 heterocycles. The number of piperidine rings is 1. The molecule has 0 aromatic heterocycles. The van der Waals surface area contributed by atoms with Crippen molar-refractivity contribution in [1.82, 2.24) is 19.4 Å². The van der Waals surface area contributed by atoms with Gasteiger partial charge in [-0.15, -0.1) is 0 Å². The molecule has 2 fully saturated rings. The van der Waals surface area contributed by atoms with Crippen molar-refractivity contribution in [2.45, 2.75) is 37.2 Å². The minimum Gasteiger partial charge on any atom is -0.348 e. The van der Waals surface area contributed by atoms with Gasteiger partial charge < -0.3 is 10.2 Å². The molecule has 7 nitrogen and oxygen atoms in total. The summed E-state index contributed by atoms with van der Waals surface area (Å²) in [5, 5.41) is 2.92. The van der Waals surface area contributed by atoms with E-state index in [1.54, 1.807) is 18.2 Å². The largest absolute Gasteiger partial charge is 0.348 e. The monoisotopic (exact) mass is 470 g/mol. The van der Waals surface area contributed by atoms with Crippen LogP contribution in [0.4, 0.5) is 0 Å². The van der Waals surface area contributed by atoms with Gasteiger partial charge in [0.1, 0.15) is 0 Å². The van der Waals surface area contributed by atoms with Gasteiger partial charge >= 0.3 is 0 Å². The second kappa shape index (κ2) is 10.8. The maximum atomic E-state index is 13.0. The minimum absolute atomic E-state index is 0.168. The van der Waals surface area contributed by atoms with Crippen LogP contribution in [0, 0.1) is 0 Å². The first-order valence-corrected chi connectivity index (χ1v) is 13.2. The number of nitrogens with one attached hydrogen (secondary N) is 1. The third-order valence-corrected chi connectivity index (χ3v) is 8.42. The molecule has 0 bridgehead atoms. The maximum absolute atomic E-state index is 13.0. The average molecular weight is 471 g/mol. The predicted molar refractivity (Wildman–Crippen MR) is 129 cm³/mol. The van der Waals surface area contributed by atoms with Gasteiger partial charge in [0.2, 0.25) is 10.0 Å². The summed E-state index contributed by atoms with van der Waals surface area (Å²) in [6.45, 7) is 6.04. The molecular formula is C25H34N4O3S. The number of carbonyl (C=O) groups is 1. The van der Waals surface area contributed by atoms with Crippen LogP contribution in [0.15, 0.2) is 53.4 Å². The van der Waals surface area contributed by atoms with Crippen molar-refractivity contribution in [3.8, 4) is 0 Å². The Morgan fingerprint density at radius 2 is 1.55 bits per heavy atom. The summed E-state index contributed by atoms with van der Waals surface area (Å²) < 4.78 is 27.5. The summed E-state index contributed by atoms with van der Waals surface area (Å²) in [5.74, 6) is -0.275. The van der Waals surface area contributed by atoms with Crippen LogP contribution in [0.25, 0.3) is 0 Å². The zero-order chi connectivity index (χ0) is 23.3. The normalized spacial score (nSPS) is 18.8. The number of piperazine rings is 1. The maximum Gasteiger partial charge on any atom is 0.251 e. The van der Waals surface area contributed by atoms with Crippen molar-refractivity contribution in [2.24, 2.45) is 0 Å². The van der Waals surface area contributed by atoms with Gasteiger partial charge in [-0.3, -0.25) is 9.69 Å². The van der Waals surface area contributed by atoms with Crippen LogP contribution in [-0.4, -0.2) is 74.7 Å². The summed E-state index contributed by atoms with van der Waals surface area (Å²) in [5.41, 5.74) is 2.66. The number of rotatable bonds is 7. The van der Waals surface area contributed by atoms with E-state index in [0.29, 0.717) is 38.3 Å². The minimum atomic E-state index is -3.60. The van der Waals surface area contributed by atoms with E-state index in [-0.39, 0.29) is 10.8 Å². The lowest BCUT2D eigenvalue weighted by Crippen LogP contribution is -2.47. The topological polar surface area (TPSA) is 73.0 Å². The fourth-order valence-corrected chi connectivity index (χ4v) is 5.87. The van der Waals surface area contributed by atoms with Crippen LogP contribution in [0.2, 0.25) is 0 Å². The lowest BCUT2D eigenvalue weighted by atomic mass is 10.1. The third kappa shape index (κ3) is 6.20. The van der Waals surface area contributed by atoms with E-state index in [9.17, 15) is 13.2 Å². The Morgan fingerprint density at radius 3 is 2.24 bits per heavy atom. The summed E-state index contributed by atoms with van der Waals surface area (Å²) in [7, 11) is -1.62. The molecule has 2 aromatic rings. The van der Waals surface area contributed by atoms with Gasteiger partial charge in [0.05, 0.1) is 4.90 Å². The van der Waals surface area contributed by atoms with Gasteiger partial charge in [-0.05, 0) is 62.3 Å². The molecule has 2 saturated heterocycles. The molecule has 0 spiro atoms. The van der Waals surface area contributed by atoms with Gasteiger partial charge in [-0.25, -0.2) is 8.42 Å². The number of amides is 1. The fraction of sp³-hybridized carbons (Fsp3) is 0.480. The highest BCUT2D eigenvalue weighted by Gasteiger charge is 2.27. The Balaban J connectivity index is 1.34. The number of likely N-dealkylation sites (tertiary alicyclic amines) is 1. The van der Waals surface area contributed by atoms with E-state index in [1.807, 2.05) is 19.2 Å². The van der Waals surface area contributed by atoms with Crippen LogP contribution in [0.3, 0.4) is 0 Å². The van der Waals surface area contributed by atoms with Crippen molar-refractivity contribution >= 4 is 15.9 Å². The van der Waals surface area contributed by atoms with Crippen LogP contribution in [0.1, 0.15) is 40.7 Å². The Kier molecular flexibility index (Phi) is 7.80. The Bertz CT molecular complexity index is 1040. The molecule has 0 aliphatic carbocycles. The van der Waals surface area contributed by atoms with Crippen molar-refractivity contribution in [2.75, 3.05) is 46.3 Å². The third-order valence-electron chi connectivity index (χ3n) is 6.53. The average Bonchev–Trinajstić information content (AvgIpc) is 2.84. The lowest BCUT2D eigenvalue weighted by molar-refractivity contribution is 0.0950. The molecule has 1 N–H and O–H groups in total. The van der Waals surface area contributed by atoms with Crippen LogP contribution < -0.4 is 5.32 Å². The second-order valence-electron chi connectivity index (χ2n) is 9.07. The zero-order valence-electron chi connectivity index (χ0n) is 19.4. The Labute approximate surface area is 197 Å². The van der Waals surface area contributed by atoms with Crippen molar-refractivity contribution in [3.63, 3.8) is 0 Å². The molecule has 8 heteroatoms. The number of hydrogen-bond acceptors (Lipinski definition) is 5. The molecule has 0 radical (unpaired) electrons. The summed E-state index contributed by atoms with van der Waals surface area (Å²) in [6, 6.07) is 14.7. The van der Waals surface area contributed by atoms with Gasteiger partial charge in [-0.2, -0.15) is 4.31 Å². The number of nitrogens with zero attached hydrogens (tertiary/aromatic N) is 3. The molecule has 0 saturated carbocycles. The molecule has 178 valence electrons. The van der Waals surface area contributed by atoms with Crippen molar-refractivity contribution < 1.29 is 13.2 Å². The molecule has 1 amide bonds. The molecule has 2 aliphatic heterocycles. The number of benzene rings is 2. The van der Waals surface area contributed by atoms with Crippen LogP contribution >= 0.6 is 0 Å². The van der Waals surface area contributed by atoms with E-state index < -0.39 is 10.0 Å². The summed E-state index contributed by atoms with van der Waals surface area (Å²) >= 11 is 0. The van der Waals surface area contributed by atoms with Crippen molar-refractivity contribution in [3.05, 3.63) is 65.2 Å². The van der Waals surface area contributed by atoms with Crippen molar-refractivity contribution in [1.29, 1.82) is 0 Å².